The minimum atomic E-state index is -0.311. The lowest BCUT2D eigenvalue weighted by molar-refractivity contribution is -0.138. The Hall–Kier alpha value is -2.88. The fourth-order valence-electron chi connectivity index (χ4n) is 3.63. The number of nitrogens with zero attached hydrogens (tertiary/aromatic N) is 1. The van der Waals surface area contributed by atoms with Crippen LogP contribution in [0.2, 0.25) is 0 Å². The summed E-state index contributed by atoms with van der Waals surface area (Å²) in [6.07, 6.45) is 16.5. The molecule has 0 aliphatic heterocycles. The zero-order valence-corrected chi connectivity index (χ0v) is 21.7. The van der Waals surface area contributed by atoms with E-state index in [1.165, 1.54) is 51.0 Å². The summed E-state index contributed by atoms with van der Waals surface area (Å²) >= 11 is 0. The van der Waals surface area contributed by atoms with Gasteiger partial charge < -0.3 is 9.47 Å². The molecule has 0 saturated heterocycles. The predicted molar refractivity (Wildman–Crippen MR) is 147 cm³/mol. The van der Waals surface area contributed by atoms with Gasteiger partial charge in [0.25, 0.3) is 0 Å². The lowest BCUT2D eigenvalue weighted by atomic mass is 10.1. The van der Waals surface area contributed by atoms with E-state index in [0.717, 1.165) is 36.3 Å². The highest BCUT2D eigenvalue weighted by Gasteiger charge is 2.05. The van der Waals surface area contributed by atoms with E-state index in [1.54, 1.807) is 6.08 Å². The van der Waals surface area contributed by atoms with Crippen LogP contribution in [0.15, 0.2) is 65.7 Å². The number of benzene rings is 2. The zero-order chi connectivity index (χ0) is 25.0. The van der Waals surface area contributed by atoms with E-state index in [0.29, 0.717) is 13.2 Å². The van der Waals surface area contributed by atoms with Gasteiger partial charge in [0.15, 0.2) is 0 Å². The molecule has 0 amide bonds. The van der Waals surface area contributed by atoms with Crippen molar-refractivity contribution < 1.29 is 14.3 Å². The van der Waals surface area contributed by atoms with Gasteiger partial charge in [0, 0.05) is 18.8 Å². The van der Waals surface area contributed by atoms with Gasteiger partial charge in [-0.25, -0.2) is 4.79 Å². The first-order valence-electron chi connectivity index (χ1n) is 13.3. The fraction of sp³-hybridized carbons (Fsp3) is 0.484. The Balaban J connectivity index is 1.53. The predicted octanol–water partition coefficient (Wildman–Crippen LogP) is 7.91. The summed E-state index contributed by atoms with van der Waals surface area (Å²) in [5, 5.41) is 0. The summed E-state index contributed by atoms with van der Waals surface area (Å²) in [4.78, 5) is 16.4. The molecule has 190 valence electrons. The molecule has 0 saturated carbocycles. The summed E-state index contributed by atoms with van der Waals surface area (Å²) in [6.45, 7) is 6.22. The molecule has 35 heavy (non-hydrogen) atoms. The number of aliphatic imine (C=N–C) groups is 1. The monoisotopic (exact) mass is 477 g/mol. The first-order valence-corrected chi connectivity index (χ1v) is 13.3. The summed E-state index contributed by atoms with van der Waals surface area (Å²) in [7, 11) is 0. The van der Waals surface area contributed by atoms with Crippen LogP contribution in [-0.4, -0.2) is 31.9 Å². The van der Waals surface area contributed by atoms with E-state index < -0.39 is 0 Å². The average Bonchev–Trinajstić information content (AvgIpc) is 2.89. The van der Waals surface area contributed by atoms with Crippen molar-refractivity contribution in [1.82, 2.24) is 0 Å². The minimum absolute atomic E-state index is 0.258. The number of hydrogen-bond acceptors (Lipinski definition) is 4. The molecule has 0 spiro atoms. The van der Waals surface area contributed by atoms with Gasteiger partial charge >= 0.3 is 5.97 Å². The molecular formula is C31H43NO3. The molecule has 0 fully saturated rings. The van der Waals surface area contributed by atoms with Crippen LogP contribution in [0.4, 0.5) is 0 Å². The summed E-state index contributed by atoms with van der Waals surface area (Å²) in [5.41, 5.74) is 2.05. The molecule has 0 aliphatic carbocycles. The van der Waals surface area contributed by atoms with Crippen molar-refractivity contribution in [3.8, 4) is 5.75 Å². The third kappa shape index (κ3) is 14.2. The molecule has 4 heteroatoms. The minimum Gasteiger partial charge on any atom is -0.494 e. The van der Waals surface area contributed by atoms with E-state index in [4.69, 9.17) is 9.47 Å². The molecule has 0 radical (unpaired) electrons. The SMILES string of the molecule is CCCCCCCCCCOc1ccc(C=NCCC(C)COC(=O)C=Cc2ccccc2)cc1. The maximum Gasteiger partial charge on any atom is 0.330 e. The van der Waals surface area contributed by atoms with Crippen LogP contribution in [0, 0.1) is 5.92 Å². The molecule has 0 aromatic heterocycles. The van der Waals surface area contributed by atoms with Gasteiger partial charge in [0.05, 0.1) is 13.2 Å². The van der Waals surface area contributed by atoms with Gasteiger partial charge in [-0.05, 0) is 60.2 Å². The van der Waals surface area contributed by atoms with Crippen molar-refractivity contribution in [2.45, 2.75) is 71.6 Å². The second kappa shape index (κ2) is 18.4. The van der Waals surface area contributed by atoms with Crippen LogP contribution < -0.4 is 4.74 Å². The molecular weight excluding hydrogens is 434 g/mol. The standard InChI is InChI=1S/C31H43NO3/c1-3-4-5-6-7-8-9-13-24-34-30-19-16-29(17-20-30)25-32-23-22-27(2)26-35-31(33)21-18-28-14-11-10-12-15-28/h10-12,14-21,25,27H,3-9,13,22-24,26H2,1-2H3. The van der Waals surface area contributed by atoms with Crippen molar-refractivity contribution in [1.29, 1.82) is 0 Å². The fourth-order valence-corrected chi connectivity index (χ4v) is 3.63. The first-order chi connectivity index (χ1) is 17.2. The molecule has 0 N–H and O–H groups in total. The third-order valence-electron chi connectivity index (χ3n) is 5.86. The van der Waals surface area contributed by atoms with Crippen molar-refractivity contribution >= 4 is 18.3 Å². The van der Waals surface area contributed by atoms with Crippen LogP contribution in [0.25, 0.3) is 6.08 Å². The molecule has 0 heterocycles. The number of carbonyl (C=O) groups is 1. The Bertz CT molecular complexity index is 859. The van der Waals surface area contributed by atoms with Crippen LogP contribution >= 0.6 is 0 Å². The van der Waals surface area contributed by atoms with Gasteiger partial charge in [0.1, 0.15) is 5.75 Å². The first kappa shape index (κ1) is 28.4. The highest BCUT2D eigenvalue weighted by atomic mass is 16.5. The average molecular weight is 478 g/mol. The molecule has 2 aromatic carbocycles. The van der Waals surface area contributed by atoms with Crippen molar-refractivity contribution in [3.05, 3.63) is 71.8 Å². The van der Waals surface area contributed by atoms with Crippen molar-refractivity contribution in [2.24, 2.45) is 10.9 Å². The highest BCUT2D eigenvalue weighted by Crippen LogP contribution is 2.13. The van der Waals surface area contributed by atoms with Gasteiger partial charge in [-0.2, -0.15) is 0 Å². The van der Waals surface area contributed by atoms with Crippen LogP contribution in [0.5, 0.6) is 5.75 Å². The quantitative estimate of drug-likeness (QED) is 0.0948. The van der Waals surface area contributed by atoms with E-state index in [2.05, 4.69) is 18.8 Å². The molecule has 2 rings (SSSR count). The van der Waals surface area contributed by atoms with Crippen LogP contribution in [-0.2, 0) is 9.53 Å². The van der Waals surface area contributed by atoms with Crippen molar-refractivity contribution in [3.63, 3.8) is 0 Å². The number of hydrogen-bond donors (Lipinski definition) is 0. The maximum absolute atomic E-state index is 11.9. The topological polar surface area (TPSA) is 47.9 Å². The molecule has 1 atom stereocenters. The summed E-state index contributed by atoms with van der Waals surface area (Å²) in [5.74, 6) is 0.865. The summed E-state index contributed by atoms with van der Waals surface area (Å²) < 4.78 is 11.2. The second-order valence-corrected chi connectivity index (χ2v) is 9.20. The largest absolute Gasteiger partial charge is 0.494 e. The Labute approximate surface area is 212 Å². The van der Waals surface area contributed by atoms with Crippen molar-refractivity contribution in [2.75, 3.05) is 19.8 Å². The number of unbranched alkanes of at least 4 members (excludes halogenated alkanes) is 7. The van der Waals surface area contributed by atoms with Gasteiger partial charge in [-0.15, -0.1) is 0 Å². The number of esters is 1. The molecule has 0 bridgehead atoms. The Morgan fingerprint density at radius 2 is 1.57 bits per heavy atom. The Morgan fingerprint density at radius 1 is 0.886 bits per heavy atom. The normalized spacial score (nSPS) is 12.3. The van der Waals surface area contributed by atoms with Crippen LogP contribution in [0.1, 0.15) is 82.8 Å². The van der Waals surface area contributed by atoms with E-state index in [9.17, 15) is 4.79 Å². The number of ether oxygens (including phenoxy) is 2. The molecule has 4 nitrogen and oxygen atoms in total. The lowest BCUT2D eigenvalue weighted by Gasteiger charge is -2.09. The number of carbonyl (C=O) groups excluding carboxylic acids is 1. The molecule has 2 aromatic rings. The van der Waals surface area contributed by atoms with E-state index in [-0.39, 0.29) is 11.9 Å². The van der Waals surface area contributed by atoms with Gasteiger partial charge in [0.2, 0.25) is 0 Å². The smallest absolute Gasteiger partial charge is 0.330 e. The Kier molecular flexibility index (Phi) is 14.9. The lowest BCUT2D eigenvalue weighted by Crippen LogP contribution is -2.11. The number of rotatable bonds is 18. The zero-order valence-electron chi connectivity index (χ0n) is 21.7. The third-order valence-corrected chi connectivity index (χ3v) is 5.86. The van der Waals surface area contributed by atoms with E-state index in [1.807, 2.05) is 60.8 Å². The molecule has 0 aliphatic rings. The Morgan fingerprint density at radius 3 is 2.29 bits per heavy atom. The molecule has 1 unspecified atom stereocenters. The summed E-state index contributed by atoms with van der Waals surface area (Å²) in [6, 6.07) is 17.8. The van der Waals surface area contributed by atoms with Gasteiger partial charge in [-0.1, -0.05) is 89.1 Å². The highest BCUT2D eigenvalue weighted by molar-refractivity contribution is 5.87. The van der Waals surface area contributed by atoms with Gasteiger partial charge in [-0.3, -0.25) is 4.99 Å². The maximum atomic E-state index is 11.9. The second-order valence-electron chi connectivity index (χ2n) is 9.20. The van der Waals surface area contributed by atoms with Crippen LogP contribution in [0.3, 0.4) is 0 Å². The van der Waals surface area contributed by atoms with E-state index >= 15 is 0 Å².